The highest BCUT2D eigenvalue weighted by atomic mass is 32.2. The Morgan fingerprint density at radius 3 is 2.48 bits per heavy atom. The number of alkyl halides is 3. The van der Waals surface area contributed by atoms with Gasteiger partial charge in [-0.25, -0.2) is 17.9 Å². The lowest BCUT2D eigenvalue weighted by Gasteiger charge is -2.15. The Hall–Kier alpha value is -4.32. The number of aryl methyl sites for hydroxylation is 1. The summed E-state index contributed by atoms with van der Waals surface area (Å²) in [7, 11) is -4.05. The number of nitrogens with one attached hydrogen (secondary N) is 2. The van der Waals surface area contributed by atoms with Gasteiger partial charge in [0.1, 0.15) is 6.61 Å². The van der Waals surface area contributed by atoms with Crippen molar-refractivity contribution in [3.63, 3.8) is 0 Å². The number of carbonyl (C=O) groups excluding carboxylic acids is 2. The molecule has 4 rings (SSSR count). The number of nitrogens with zero attached hydrogens (tertiary/aromatic N) is 1. The van der Waals surface area contributed by atoms with Crippen LogP contribution in [-0.2, 0) is 21.3 Å². The summed E-state index contributed by atoms with van der Waals surface area (Å²) in [6.45, 7) is 2.16. The van der Waals surface area contributed by atoms with Gasteiger partial charge in [0, 0.05) is 34.9 Å². The predicted octanol–water partition coefficient (Wildman–Crippen LogP) is 5.86. The molecule has 0 saturated heterocycles. The van der Waals surface area contributed by atoms with Crippen molar-refractivity contribution in [3.05, 3.63) is 95.7 Å². The van der Waals surface area contributed by atoms with E-state index in [4.69, 9.17) is 0 Å². The molecule has 0 saturated carbocycles. The van der Waals surface area contributed by atoms with Crippen LogP contribution in [0, 0.1) is 12.8 Å². The van der Waals surface area contributed by atoms with E-state index in [9.17, 15) is 31.2 Å². The van der Waals surface area contributed by atoms with Crippen LogP contribution < -0.4 is 10.0 Å². The van der Waals surface area contributed by atoms with Gasteiger partial charge in [-0.3, -0.25) is 10.1 Å². The van der Waals surface area contributed by atoms with Crippen molar-refractivity contribution < 1.29 is 35.9 Å². The van der Waals surface area contributed by atoms with Gasteiger partial charge in [-0.15, -0.1) is 0 Å². The first-order chi connectivity index (χ1) is 18.8. The zero-order valence-electron chi connectivity index (χ0n) is 21.5. The molecule has 0 aliphatic rings. The van der Waals surface area contributed by atoms with Crippen LogP contribution in [0.1, 0.15) is 28.4 Å². The van der Waals surface area contributed by atoms with E-state index in [0.29, 0.717) is 23.2 Å². The summed E-state index contributed by atoms with van der Waals surface area (Å²) >= 11 is 0. The molecule has 40 heavy (non-hydrogen) atoms. The van der Waals surface area contributed by atoms with Crippen molar-refractivity contribution in [1.29, 1.82) is 0 Å². The van der Waals surface area contributed by atoms with Crippen molar-refractivity contribution in [1.82, 2.24) is 9.29 Å². The summed E-state index contributed by atoms with van der Waals surface area (Å²) in [5.74, 6) is -2.54. The Kier molecular flexibility index (Phi) is 8.19. The molecule has 2 amide bonds. The molecule has 8 nitrogen and oxygen atoms in total. The predicted molar refractivity (Wildman–Crippen MR) is 144 cm³/mol. The zero-order chi connectivity index (χ0) is 29.1. The van der Waals surface area contributed by atoms with Crippen LogP contribution in [0.4, 0.5) is 23.7 Å². The number of rotatable bonds is 8. The second-order valence-corrected chi connectivity index (χ2v) is 10.9. The van der Waals surface area contributed by atoms with E-state index >= 15 is 0 Å². The van der Waals surface area contributed by atoms with E-state index in [2.05, 4.69) is 14.8 Å². The van der Waals surface area contributed by atoms with Crippen molar-refractivity contribution in [2.45, 2.75) is 31.5 Å². The first-order valence-electron chi connectivity index (χ1n) is 12.1. The Labute approximate surface area is 228 Å². The third-order valence-electron chi connectivity index (χ3n) is 6.19. The van der Waals surface area contributed by atoms with E-state index in [1.165, 1.54) is 12.1 Å². The Morgan fingerprint density at radius 1 is 1.00 bits per heavy atom. The van der Waals surface area contributed by atoms with Crippen molar-refractivity contribution >= 4 is 38.6 Å². The molecule has 2 N–H and O–H groups in total. The van der Waals surface area contributed by atoms with E-state index < -0.39 is 40.7 Å². The number of hydrogen-bond acceptors (Lipinski definition) is 5. The molecule has 210 valence electrons. The maximum atomic E-state index is 12.7. The van der Waals surface area contributed by atoms with Crippen LogP contribution in [0.3, 0.4) is 0 Å². The molecule has 0 fully saturated rings. The second-order valence-electron chi connectivity index (χ2n) is 9.28. The monoisotopic (exact) mass is 573 g/mol. The fraction of sp³-hybridized carbons (Fsp3) is 0.214. The summed E-state index contributed by atoms with van der Waals surface area (Å²) in [4.78, 5) is 24.7. The van der Waals surface area contributed by atoms with Crippen molar-refractivity contribution in [3.8, 4) is 0 Å². The summed E-state index contributed by atoms with van der Waals surface area (Å²) in [6.07, 6.45) is -3.65. The number of amides is 2. The number of ether oxygens (including phenoxy) is 1. The van der Waals surface area contributed by atoms with E-state index in [1.807, 2.05) is 10.6 Å². The highest BCUT2D eigenvalue weighted by Gasteiger charge is 2.36. The van der Waals surface area contributed by atoms with Crippen LogP contribution in [0.25, 0.3) is 10.9 Å². The number of carbonyl (C=O) groups is 2. The lowest BCUT2D eigenvalue weighted by Crippen LogP contribution is -2.31. The topological polar surface area (TPSA) is 107 Å². The van der Waals surface area contributed by atoms with Gasteiger partial charge in [-0.1, -0.05) is 37.3 Å². The molecule has 1 heterocycles. The van der Waals surface area contributed by atoms with Crippen LogP contribution in [0.15, 0.2) is 83.9 Å². The van der Waals surface area contributed by atoms with Gasteiger partial charge in [0.25, 0.3) is 15.9 Å². The summed E-state index contributed by atoms with van der Waals surface area (Å²) in [5, 5.41) is 3.13. The highest BCUT2D eigenvalue weighted by Crippen LogP contribution is 2.26. The maximum Gasteiger partial charge on any atom is 0.411 e. The largest absolute Gasteiger partial charge is 0.449 e. The molecule has 0 aliphatic carbocycles. The smallest absolute Gasteiger partial charge is 0.411 e. The number of halogens is 3. The van der Waals surface area contributed by atoms with Gasteiger partial charge in [0.2, 0.25) is 0 Å². The molecule has 3 aromatic carbocycles. The number of sulfonamides is 1. The van der Waals surface area contributed by atoms with Crippen LogP contribution in [0.5, 0.6) is 0 Å². The van der Waals surface area contributed by atoms with Gasteiger partial charge in [0.15, 0.2) is 0 Å². The van der Waals surface area contributed by atoms with E-state index in [-0.39, 0.29) is 10.5 Å². The van der Waals surface area contributed by atoms with Gasteiger partial charge in [-0.05, 0) is 60.5 Å². The zero-order valence-corrected chi connectivity index (χ0v) is 22.3. The molecule has 1 unspecified atom stereocenters. The normalized spacial score (nSPS) is 12.6. The number of benzene rings is 3. The molecule has 0 radical (unpaired) electrons. The van der Waals surface area contributed by atoms with Crippen LogP contribution in [0.2, 0.25) is 0 Å². The van der Waals surface area contributed by atoms with Gasteiger partial charge < -0.3 is 9.30 Å². The molecule has 0 aliphatic heterocycles. The minimum absolute atomic E-state index is 0.0245. The first-order valence-corrected chi connectivity index (χ1v) is 13.6. The van der Waals surface area contributed by atoms with Crippen molar-refractivity contribution in [2.24, 2.45) is 5.92 Å². The van der Waals surface area contributed by atoms with Crippen LogP contribution in [-0.4, -0.2) is 37.8 Å². The third kappa shape index (κ3) is 6.81. The fourth-order valence-corrected chi connectivity index (χ4v) is 5.19. The molecule has 4 aromatic rings. The Balaban J connectivity index is 1.43. The standard InChI is InChI=1S/C28H26F3N3O5S/c1-18-6-3-4-9-25(18)40(37,38)33-26(35)22-10-11-24-21(15-22)12-13-34(24)16-20-7-5-8-23(14-20)32-27(36)39-17-19(2)28(29,30)31/h3-15,19H,16-17H2,1-2H3,(H,32,36)(H,33,35). The SMILES string of the molecule is Cc1ccccc1S(=O)(=O)NC(=O)c1ccc2c(ccn2Cc2cccc(NC(=O)OCC(C)C(F)(F)F)c2)c1. The molecular weight excluding hydrogens is 547 g/mol. The molecule has 12 heteroatoms. The minimum Gasteiger partial charge on any atom is -0.449 e. The summed E-state index contributed by atoms with van der Waals surface area (Å²) < 4.78 is 71.9. The fourth-order valence-electron chi connectivity index (χ4n) is 3.97. The van der Waals surface area contributed by atoms with Gasteiger partial charge >= 0.3 is 12.3 Å². The lowest BCUT2D eigenvalue weighted by molar-refractivity contribution is -0.177. The lowest BCUT2D eigenvalue weighted by atomic mass is 10.1. The molecule has 1 atom stereocenters. The Bertz CT molecular complexity index is 1670. The number of anilines is 1. The molecular formula is C28H26F3N3O5S. The maximum absolute atomic E-state index is 12.7. The second kappa shape index (κ2) is 11.4. The van der Waals surface area contributed by atoms with E-state index in [0.717, 1.165) is 18.0 Å². The average molecular weight is 574 g/mol. The van der Waals surface area contributed by atoms with Gasteiger partial charge in [0.05, 0.1) is 10.8 Å². The summed E-state index contributed by atoms with van der Waals surface area (Å²) in [5.41, 5.74) is 2.60. The van der Waals surface area contributed by atoms with E-state index in [1.54, 1.807) is 67.7 Å². The summed E-state index contributed by atoms with van der Waals surface area (Å²) in [6, 6.07) is 19.7. The molecule has 0 spiro atoms. The number of fused-ring (bicyclic) bond motifs is 1. The van der Waals surface area contributed by atoms with Gasteiger partial charge in [-0.2, -0.15) is 13.2 Å². The van der Waals surface area contributed by atoms with Crippen molar-refractivity contribution in [2.75, 3.05) is 11.9 Å². The quantitative estimate of drug-likeness (QED) is 0.275. The molecule has 1 aromatic heterocycles. The van der Waals surface area contributed by atoms with Crippen LogP contribution >= 0.6 is 0 Å². The first kappa shape index (κ1) is 28.7. The number of aromatic nitrogens is 1. The third-order valence-corrected chi connectivity index (χ3v) is 7.68. The molecule has 0 bridgehead atoms. The average Bonchev–Trinajstić information content (AvgIpc) is 3.28. The minimum atomic E-state index is -4.46. The highest BCUT2D eigenvalue weighted by molar-refractivity contribution is 7.90. The number of hydrogen-bond donors (Lipinski definition) is 2. The Morgan fingerprint density at radius 2 is 1.75 bits per heavy atom.